The third kappa shape index (κ3) is 5.91. The summed E-state index contributed by atoms with van der Waals surface area (Å²) in [5.74, 6) is -0.117. The number of nitrogens with one attached hydrogen (secondary N) is 2. The molecule has 0 radical (unpaired) electrons. The molecule has 162 valence electrons. The number of ether oxygens (including phenoxy) is 1. The summed E-state index contributed by atoms with van der Waals surface area (Å²) in [4.78, 5) is 12.2. The second kappa shape index (κ2) is 9.60. The topological polar surface area (TPSA) is 84.5 Å². The van der Waals surface area contributed by atoms with Crippen molar-refractivity contribution in [3.05, 3.63) is 81.8 Å². The molecule has 0 saturated carbocycles. The zero-order chi connectivity index (χ0) is 22.6. The lowest BCUT2D eigenvalue weighted by atomic mass is 10.1. The number of halogens is 2. The number of aryl methyl sites for hydroxylation is 2. The molecule has 0 saturated heterocycles. The normalized spacial score (nSPS) is 11.1. The molecule has 0 atom stereocenters. The number of benzene rings is 3. The van der Waals surface area contributed by atoms with E-state index in [1.54, 1.807) is 30.3 Å². The highest BCUT2D eigenvalue weighted by atomic mass is 35.5. The predicted molar refractivity (Wildman–Crippen MR) is 124 cm³/mol. The van der Waals surface area contributed by atoms with Crippen LogP contribution < -0.4 is 14.8 Å². The average Bonchev–Trinajstić information content (AvgIpc) is 2.72. The van der Waals surface area contributed by atoms with Gasteiger partial charge in [-0.1, -0.05) is 35.3 Å². The lowest BCUT2D eigenvalue weighted by molar-refractivity contribution is -0.118. The number of sulfonamides is 1. The van der Waals surface area contributed by atoms with Crippen LogP contribution in [0.4, 0.5) is 11.4 Å². The van der Waals surface area contributed by atoms with Gasteiger partial charge in [0, 0.05) is 5.69 Å². The second-order valence-electron chi connectivity index (χ2n) is 6.81. The summed E-state index contributed by atoms with van der Waals surface area (Å²) in [6.07, 6.45) is 0. The number of hydrogen-bond acceptors (Lipinski definition) is 4. The van der Waals surface area contributed by atoms with E-state index < -0.39 is 15.9 Å². The van der Waals surface area contributed by atoms with Gasteiger partial charge in [-0.3, -0.25) is 9.52 Å². The molecule has 0 aliphatic heterocycles. The summed E-state index contributed by atoms with van der Waals surface area (Å²) in [6.45, 7) is 3.57. The van der Waals surface area contributed by atoms with Crippen LogP contribution in [0, 0.1) is 13.8 Å². The first-order valence-electron chi connectivity index (χ1n) is 9.22. The molecule has 6 nitrogen and oxygen atoms in total. The van der Waals surface area contributed by atoms with E-state index in [1.165, 1.54) is 24.3 Å². The number of hydrogen-bond donors (Lipinski definition) is 2. The third-order valence-corrected chi connectivity index (χ3v) is 6.52. The Labute approximate surface area is 191 Å². The summed E-state index contributed by atoms with van der Waals surface area (Å²) in [6, 6.07) is 16.0. The van der Waals surface area contributed by atoms with E-state index in [0.717, 1.165) is 11.1 Å². The molecule has 0 aliphatic rings. The minimum atomic E-state index is -3.76. The van der Waals surface area contributed by atoms with Gasteiger partial charge < -0.3 is 10.1 Å². The van der Waals surface area contributed by atoms with Gasteiger partial charge in [0.15, 0.2) is 6.61 Å². The summed E-state index contributed by atoms with van der Waals surface area (Å²) in [7, 11) is -3.76. The number of carbonyl (C=O) groups is 1. The Hall–Kier alpha value is -2.74. The molecule has 3 aromatic carbocycles. The summed E-state index contributed by atoms with van der Waals surface area (Å²) >= 11 is 12.0. The van der Waals surface area contributed by atoms with E-state index in [0.29, 0.717) is 27.2 Å². The molecule has 0 bridgehead atoms. The van der Waals surface area contributed by atoms with Gasteiger partial charge >= 0.3 is 0 Å². The van der Waals surface area contributed by atoms with E-state index in [9.17, 15) is 13.2 Å². The highest BCUT2D eigenvalue weighted by Gasteiger charge is 2.15. The fourth-order valence-electron chi connectivity index (χ4n) is 2.68. The van der Waals surface area contributed by atoms with Crippen molar-refractivity contribution in [3.63, 3.8) is 0 Å². The maximum Gasteiger partial charge on any atom is 0.262 e. The molecular formula is C22H20Cl2N2O4S. The number of para-hydroxylation sites is 1. The quantitative estimate of drug-likeness (QED) is 0.474. The van der Waals surface area contributed by atoms with Crippen molar-refractivity contribution >= 4 is 50.5 Å². The largest absolute Gasteiger partial charge is 0.484 e. The van der Waals surface area contributed by atoms with Crippen molar-refractivity contribution in [1.29, 1.82) is 0 Å². The second-order valence-corrected chi connectivity index (χ2v) is 9.31. The molecule has 0 heterocycles. The van der Waals surface area contributed by atoms with Crippen molar-refractivity contribution < 1.29 is 17.9 Å². The molecular weight excluding hydrogens is 459 g/mol. The van der Waals surface area contributed by atoms with Crippen LogP contribution in [0.2, 0.25) is 10.0 Å². The molecule has 3 rings (SSSR count). The zero-order valence-corrected chi connectivity index (χ0v) is 19.1. The first-order valence-corrected chi connectivity index (χ1v) is 11.5. The van der Waals surface area contributed by atoms with Crippen LogP contribution in [0.5, 0.6) is 5.75 Å². The maximum absolute atomic E-state index is 12.6. The first-order chi connectivity index (χ1) is 14.7. The molecule has 3 aromatic rings. The third-order valence-electron chi connectivity index (χ3n) is 4.49. The fraction of sp³-hybridized carbons (Fsp3) is 0.136. The number of amides is 1. The zero-order valence-electron chi connectivity index (χ0n) is 16.8. The highest BCUT2D eigenvalue weighted by molar-refractivity contribution is 7.92. The van der Waals surface area contributed by atoms with Gasteiger partial charge in [-0.25, -0.2) is 8.42 Å². The van der Waals surface area contributed by atoms with Crippen molar-refractivity contribution in [2.24, 2.45) is 0 Å². The predicted octanol–water partition coefficient (Wildman–Crippen LogP) is 5.43. The minimum Gasteiger partial charge on any atom is -0.484 e. The molecule has 0 unspecified atom stereocenters. The van der Waals surface area contributed by atoms with E-state index in [-0.39, 0.29) is 11.5 Å². The van der Waals surface area contributed by atoms with Crippen LogP contribution in [0.1, 0.15) is 11.1 Å². The Kier molecular flexibility index (Phi) is 7.10. The number of rotatable bonds is 7. The Morgan fingerprint density at radius 3 is 2.19 bits per heavy atom. The monoisotopic (exact) mass is 478 g/mol. The smallest absolute Gasteiger partial charge is 0.262 e. The summed E-state index contributed by atoms with van der Waals surface area (Å²) in [5, 5.41) is 3.21. The highest BCUT2D eigenvalue weighted by Crippen LogP contribution is 2.29. The van der Waals surface area contributed by atoms with Gasteiger partial charge in [0.25, 0.3) is 15.9 Å². The van der Waals surface area contributed by atoms with E-state index in [1.807, 2.05) is 19.9 Å². The van der Waals surface area contributed by atoms with Crippen LogP contribution in [0.3, 0.4) is 0 Å². The first kappa shape index (κ1) is 22.9. The molecule has 1 amide bonds. The number of anilines is 2. The molecule has 2 N–H and O–H groups in total. The van der Waals surface area contributed by atoms with Crippen LogP contribution in [-0.4, -0.2) is 20.9 Å². The van der Waals surface area contributed by atoms with E-state index >= 15 is 0 Å². The molecule has 0 fully saturated rings. The average molecular weight is 479 g/mol. The Morgan fingerprint density at radius 1 is 0.935 bits per heavy atom. The van der Waals surface area contributed by atoms with Crippen LogP contribution in [-0.2, 0) is 14.8 Å². The van der Waals surface area contributed by atoms with Crippen LogP contribution in [0.25, 0.3) is 0 Å². The van der Waals surface area contributed by atoms with Gasteiger partial charge in [-0.05, 0) is 73.5 Å². The lowest BCUT2D eigenvalue weighted by Crippen LogP contribution is -2.20. The SMILES string of the molecule is Cc1ccc(NS(=O)(=O)c2ccc(OCC(=O)Nc3c(Cl)cccc3Cl)cc2)cc1C. The fourth-order valence-corrected chi connectivity index (χ4v) is 4.22. The Bertz CT molecular complexity index is 1190. The summed E-state index contributed by atoms with van der Waals surface area (Å²) < 4.78 is 33.2. The van der Waals surface area contributed by atoms with Crippen molar-refractivity contribution in [1.82, 2.24) is 0 Å². The standard InChI is InChI=1S/C22H20Cl2N2O4S/c1-14-6-7-16(12-15(14)2)26-31(28,29)18-10-8-17(9-11-18)30-13-21(27)25-22-19(23)4-3-5-20(22)24/h3-12,26H,13H2,1-2H3,(H,25,27). The molecule has 9 heteroatoms. The van der Waals surface area contributed by atoms with Gasteiger partial charge in [-0.2, -0.15) is 0 Å². The van der Waals surface area contributed by atoms with Gasteiger partial charge in [-0.15, -0.1) is 0 Å². The van der Waals surface area contributed by atoms with E-state index in [2.05, 4.69) is 10.0 Å². The van der Waals surface area contributed by atoms with Gasteiger partial charge in [0.05, 0.1) is 20.6 Å². The minimum absolute atomic E-state index is 0.0744. The van der Waals surface area contributed by atoms with Crippen LogP contribution >= 0.6 is 23.2 Å². The maximum atomic E-state index is 12.6. The summed E-state index contributed by atoms with van der Waals surface area (Å²) in [5.41, 5.74) is 2.85. The molecule has 0 aromatic heterocycles. The van der Waals surface area contributed by atoms with Crippen molar-refractivity contribution in [2.75, 3.05) is 16.6 Å². The van der Waals surface area contributed by atoms with Crippen molar-refractivity contribution in [2.45, 2.75) is 18.7 Å². The van der Waals surface area contributed by atoms with Crippen LogP contribution in [0.15, 0.2) is 65.6 Å². The lowest BCUT2D eigenvalue weighted by Gasteiger charge is -2.12. The van der Waals surface area contributed by atoms with Gasteiger partial charge in [0.2, 0.25) is 0 Å². The molecule has 31 heavy (non-hydrogen) atoms. The van der Waals surface area contributed by atoms with Crippen molar-refractivity contribution in [3.8, 4) is 5.75 Å². The van der Waals surface area contributed by atoms with E-state index in [4.69, 9.17) is 27.9 Å². The molecule has 0 aliphatic carbocycles. The Balaban J connectivity index is 1.61. The number of carbonyl (C=O) groups excluding carboxylic acids is 1. The van der Waals surface area contributed by atoms with Gasteiger partial charge in [0.1, 0.15) is 5.75 Å². The molecule has 0 spiro atoms. The Morgan fingerprint density at radius 2 is 1.58 bits per heavy atom.